The molecule has 0 saturated carbocycles. The second-order valence-corrected chi connectivity index (χ2v) is 8.20. The molecule has 0 aromatic heterocycles. The molecule has 1 nitrogen and oxygen atoms in total. The van der Waals surface area contributed by atoms with Crippen molar-refractivity contribution >= 4 is 29.8 Å². The summed E-state index contributed by atoms with van der Waals surface area (Å²) in [6.45, 7) is -1.88. The molecule has 0 fully saturated rings. The molecular weight excluding hydrogens is 258 g/mol. The van der Waals surface area contributed by atoms with Crippen molar-refractivity contribution in [3.05, 3.63) is 48.3 Å². The van der Waals surface area contributed by atoms with E-state index >= 15 is 0 Å². The molecule has 2 aromatic rings. The first-order valence-electron chi connectivity index (χ1n) is 13.2. The van der Waals surface area contributed by atoms with Crippen LogP contribution in [0.1, 0.15) is 40.0 Å². The number of anilines is 2. The lowest BCUT2D eigenvalue weighted by Gasteiger charge is -2.47. The lowest BCUT2D eigenvalue weighted by atomic mass is 10.0. The third-order valence-electron chi connectivity index (χ3n) is 3.20. The maximum Gasteiger partial charge on any atom is 0.117 e. The molecule has 0 aliphatic carbocycles. The average molecular weight is 296 g/mol. The molecule has 0 radical (unpaired) electrons. The minimum Gasteiger partial charge on any atom is -0.336 e. The van der Waals surface area contributed by atoms with Crippen LogP contribution in [0.5, 0.6) is 0 Å². The number of hydrogen-bond acceptors (Lipinski definition) is 1. The molecule has 1 aliphatic heterocycles. The summed E-state index contributed by atoms with van der Waals surface area (Å²) in [6, 6.07) is -6.05. The van der Waals surface area contributed by atoms with Gasteiger partial charge in [0.15, 0.2) is 0 Å². The van der Waals surface area contributed by atoms with Crippen molar-refractivity contribution in [1.82, 2.24) is 0 Å². The summed E-state index contributed by atoms with van der Waals surface area (Å²) in [6.07, 6.45) is 0. The van der Waals surface area contributed by atoms with Gasteiger partial charge in [-0.3, -0.25) is 0 Å². The van der Waals surface area contributed by atoms with Crippen LogP contribution in [0, 0.1) is 0 Å². The highest BCUT2D eigenvalue weighted by atomic mass is 28.3. The van der Waals surface area contributed by atoms with Gasteiger partial charge in [-0.15, -0.1) is 0 Å². The quantitative estimate of drug-likeness (QED) is 0.669. The van der Waals surface area contributed by atoms with Gasteiger partial charge < -0.3 is 4.90 Å². The zero-order valence-electron chi connectivity index (χ0n) is 25.4. The highest BCUT2D eigenvalue weighted by Gasteiger charge is 2.40. The molecule has 1 aliphatic rings. The van der Waals surface area contributed by atoms with Gasteiger partial charge in [-0.2, -0.15) is 0 Å². The number of fused-ring (bicyclic) bond motifs is 2. The SMILES string of the molecule is [2H]c1c([2H])c([2H])c2c(c1[2H])N(C(C)(C)C)c1c([2H])c([2H])c([2H])c([2H])c1[Si]2(C([2H])([2H])[2H])C([2H])([2H])[2H]. The topological polar surface area (TPSA) is 3.24 Å². The van der Waals surface area contributed by atoms with Crippen LogP contribution in [-0.2, 0) is 0 Å². The molecule has 2 aromatic carbocycles. The number of benzene rings is 2. The minimum absolute atomic E-state index is 0.380. The van der Waals surface area contributed by atoms with Crippen molar-refractivity contribution in [2.24, 2.45) is 0 Å². The lowest BCUT2D eigenvalue weighted by Crippen LogP contribution is -2.61. The molecule has 0 N–H and O–H groups in total. The number of para-hydroxylation sites is 2. The molecule has 0 atom stereocenters. The summed E-state index contributed by atoms with van der Waals surface area (Å²) in [5.74, 6) is 0. The molecule has 104 valence electrons. The fraction of sp³-hybridized carbons (Fsp3) is 0.333. The predicted molar refractivity (Wildman–Crippen MR) is 91.5 cm³/mol. The van der Waals surface area contributed by atoms with Crippen molar-refractivity contribution in [3.63, 3.8) is 0 Å². The number of hydrogen-bond donors (Lipinski definition) is 0. The first kappa shape index (κ1) is 4.74. The van der Waals surface area contributed by atoms with Gasteiger partial charge in [0.1, 0.15) is 8.07 Å². The van der Waals surface area contributed by atoms with E-state index in [1.165, 1.54) is 4.90 Å². The van der Waals surface area contributed by atoms with E-state index in [-0.39, 0.29) is 11.4 Å². The molecule has 0 saturated heterocycles. The summed E-state index contributed by atoms with van der Waals surface area (Å²) in [7, 11) is -5.37. The van der Waals surface area contributed by atoms with Gasteiger partial charge in [-0.25, -0.2) is 0 Å². The van der Waals surface area contributed by atoms with E-state index in [1.54, 1.807) is 20.8 Å². The van der Waals surface area contributed by atoms with E-state index in [2.05, 4.69) is 0 Å². The van der Waals surface area contributed by atoms with E-state index in [9.17, 15) is 0 Å². The molecule has 1 heterocycles. The largest absolute Gasteiger partial charge is 0.336 e. The van der Waals surface area contributed by atoms with E-state index < -0.39 is 85.3 Å². The first-order valence-corrected chi connectivity index (χ1v) is 8.17. The second kappa shape index (κ2) is 4.22. The summed E-state index contributed by atoms with van der Waals surface area (Å²) in [4.78, 5) is 1.23. The average Bonchev–Trinajstić information content (AvgIpc) is 2.68. The Morgan fingerprint density at radius 2 is 1.35 bits per heavy atom. The van der Waals surface area contributed by atoms with Crippen LogP contribution >= 0.6 is 0 Å². The van der Waals surface area contributed by atoms with Crippen molar-refractivity contribution in [2.45, 2.75) is 39.3 Å². The molecule has 0 bridgehead atoms. The van der Waals surface area contributed by atoms with Gasteiger partial charge in [0.05, 0.1) is 11.0 Å². The normalized spacial score (nSPS) is 27.9. The van der Waals surface area contributed by atoms with Crippen LogP contribution in [0.2, 0.25) is 13.0 Å². The van der Waals surface area contributed by atoms with Crippen LogP contribution in [0.25, 0.3) is 0 Å². The van der Waals surface area contributed by atoms with Crippen LogP contribution in [0.15, 0.2) is 48.3 Å². The van der Waals surface area contributed by atoms with Crippen LogP contribution < -0.4 is 15.3 Å². The van der Waals surface area contributed by atoms with E-state index in [0.29, 0.717) is 0 Å². The number of nitrogens with zero attached hydrogens (tertiary/aromatic N) is 1. The Bertz CT molecular complexity index is 1120. The number of rotatable bonds is 0. The molecule has 2 heteroatoms. The van der Waals surface area contributed by atoms with Crippen LogP contribution in [0.3, 0.4) is 0 Å². The smallest absolute Gasteiger partial charge is 0.117 e. The highest BCUT2D eigenvalue weighted by Crippen LogP contribution is 2.36. The molecule has 0 amide bonds. The Balaban J connectivity index is 2.90. The predicted octanol–water partition coefficient (Wildman–Crippen LogP) is 3.76. The van der Waals surface area contributed by atoms with Crippen molar-refractivity contribution in [1.29, 1.82) is 0 Å². The first-order chi connectivity index (χ1) is 15.2. The Kier molecular flexibility index (Phi) is 1.00. The maximum absolute atomic E-state index is 8.61. The van der Waals surface area contributed by atoms with Gasteiger partial charge in [0, 0.05) is 25.1 Å². The summed E-state index contributed by atoms with van der Waals surface area (Å²) < 4.78 is 118. The lowest BCUT2D eigenvalue weighted by molar-refractivity contribution is 0.561. The Morgan fingerprint density at radius 1 is 0.900 bits per heavy atom. The van der Waals surface area contributed by atoms with Crippen molar-refractivity contribution in [3.8, 4) is 0 Å². The highest BCUT2D eigenvalue weighted by molar-refractivity contribution is 7.02. The third kappa shape index (κ3) is 1.82. The van der Waals surface area contributed by atoms with E-state index in [0.717, 1.165) is 0 Å². The molecule has 0 spiro atoms. The van der Waals surface area contributed by atoms with Crippen molar-refractivity contribution in [2.75, 3.05) is 4.90 Å². The minimum atomic E-state index is -5.37. The molecule has 3 rings (SSSR count). The third-order valence-corrected chi connectivity index (χ3v) is 5.43. The van der Waals surface area contributed by atoms with Crippen molar-refractivity contribution < 1.29 is 19.2 Å². The van der Waals surface area contributed by atoms with Gasteiger partial charge in [0.25, 0.3) is 0 Å². The molecular formula is C18H23NSi. The van der Waals surface area contributed by atoms with Crippen LogP contribution in [-0.4, -0.2) is 13.6 Å². The Labute approximate surface area is 142 Å². The fourth-order valence-corrected chi connectivity index (χ4v) is 4.21. The Morgan fingerprint density at radius 3 is 1.75 bits per heavy atom. The maximum atomic E-state index is 8.61. The standard InChI is InChI=1S/C18H23NSi/c1-18(2,3)19-14-10-6-8-12-16(14)20(4,5)17-13-9-7-11-15(17)19/h6-13H,1-5H3/i4D3,5D3,6D,7D,8D,9D,10D,11D,12D,13D. The molecule has 20 heavy (non-hydrogen) atoms. The monoisotopic (exact) mass is 295 g/mol. The zero-order valence-corrected chi connectivity index (χ0v) is 12.4. The van der Waals surface area contributed by atoms with Gasteiger partial charge >= 0.3 is 0 Å². The second-order valence-electron chi connectivity index (χ2n) is 5.70. The van der Waals surface area contributed by atoms with E-state index in [4.69, 9.17) is 19.2 Å². The summed E-state index contributed by atoms with van der Waals surface area (Å²) in [5, 5.41) is -1.21. The van der Waals surface area contributed by atoms with E-state index in [1.807, 2.05) is 0 Å². The van der Waals surface area contributed by atoms with Gasteiger partial charge in [-0.1, -0.05) is 49.2 Å². The van der Waals surface area contributed by atoms with Gasteiger partial charge in [-0.05, 0) is 43.2 Å². The summed E-state index contributed by atoms with van der Waals surface area (Å²) in [5.41, 5.74) is -1.85. The zero-order chi connectivity index (χ0) is 26.5. The molecule has 0 unspecified atom stereocenters. The summed E-state index contributed by atoms with van der Waals surface area (Å²) >= 11 is 0. The van der Waals surface area contributed by atoms with Crippen LogP contribution in [0.4, 0.5) is 11.4 Å². The fourth-order valence-electron chi connectivity index (χ4n) is 2.40. The Hall–Kier alpha value is -1.54. The van der Waals surface area contributed by atoms with Gasteiger partial charge in [0.2, 0.25) is 0 Å².